The van der Waals surface area contributed by atoms with E-state index in [2.05, 4.69) is 37.2 Å². The Kier molecular flexibility index (Phi) is 5.96. The van der Waals surface area contributed by atoms with Gasteiger partial charge in [0.25, 0.3) is 5.91 Å². The summed E-state index contributed by atoms with van der Waals surface area (Å²) in [5.41, 5.74) is 1.51. The summed E-state index contributed by atoms with van der Waals surface area (Å²) in [7, 11) is 0. The number of nitrogens with one attached hydrogen (secondary N) is 1. The van der Waals surface area contributed by atoms with Crippen molar-refractivity contribution in [3.05, 3.63) is 68.6 Å². The molecule has 0 aliphatic rings. The highest BCUT2D eigenvalue weighted by atomic mass is 79.9. The number of carbonyl (C=O) groups excluding carboxylic acids is 1. The fourth-order valence-corrected chi connectivity index (χ4v) is 2.36. The maximum atomic E-state index is 12.3. The van der Waals surface area contributed by atoms with Gasteiger partial charge in [-0.1, -0.05) is 44.0 Å². The molecule has 0 bridgehead atoms. The van der Waals surface area contributed by atoms with Crippen LogP contribution in [0.25, 0.3) is 0 Å². The Hall–Kier alpha value is -1.17. The highest BCUT2D eigenvalue weighted by Crippen LogP contribution is 2.19. The zero-order chi connectivity index (χ0) is 15.2. The highest BCUT2D eigenvalue weighted by molar-refractivity contribution is 9.10. The molecule has 1 N–H and O–H groups in total. The van der Waals surface area contributed by atoms with Crippen LogP contribution in [0.2, 0.25) is 0 Å². The fraction of sp³-hybridized carbons (Fsp3) is 0.188. The van der Waals surface area contributed by atoms with Crippen molar-refractivity contribution in [2.75, 3.05) is 6.61 Å². The number of ether oxygens (including phenoxy) is 1. The first kappa shape index (κ1) is 16.2. The Labute approximate surface area is 141 Å². The number of rotatable bonds is 5. The molecule has 5 heteroatoms. The molecule has 1 amide bonds. The quantitative estimate of drug-likeness (QED) is 0.724. The van der Waals surface area contributed by atoms with E-state index in [1.165, 1.54) is 0 Å². The first-order valence-electron chi connectivity index (χ1n) is 6.53. The number of benzene rings is 2. The van der Waals surface area contributed by atoms with Crippen LogP contribution in [0.4, 0.5) is 0 Å². The molecule has 2 aromatic carbocycles. The summed E-state index contributed by atoms with van der Waals surface area (Å²) in [5.74, 6) is -0.163. The van der Waals surface area contributed by atoms with Crippen molar-refractivity contribution in [2.45, 2.75) is 13.2 Å². The second-order valence-electron chi connectivity index (χ2n) is 4.37. The Morgan fingerprint density at radius 2 is 1.57 bits per heavy atom. The van der Waals surface area contributed by atoms with Crippen molar-refractivity contribution in [1.29, 1.82) is 0 Å². The average Bonchev–Trinajstić information content (AvgIpc) is 2.48. The minimum absolute atomic E-state index is 0.163. The molecule has 0 saturated carbocycles. The van der Waals surface area contributed by atoms with Crippen LogP contribution in [0.3, 0.4) is 0 Å². The van der Waals surface area contributed by atoms with E-state index in [0.29, 0.717) is 12.2 Å². The van der Waals surface area contributed by atoms with Gasteiger partial charge in [-0.3, -0.25) is 4.79 Å². The Morgan fingerprint density at radius 1 is 1.05 bits per heavy atom. The summed E-state index contributed by atoms with van der Waals surface area (Å²) in [6, 6.07) is 14.9. The van der Waals surface area contributed by atoms with Gasteiger partial charge >= 0.3 is 0 Å². The van der Waals surface area contributed by atoms with Gasteiger partial charge in [0.2, 0.25) is 0 Å². The van der Waals surface area contributed by atoms with Crippen molar-refractivity contribution in [3.8, 4) is 0 Å². The SMILES string of the molecule is CCOC(NC(=O)c1ccc(Br)cc1)c1ccc(Br)cc1. The van der Waals surface area contributed by atoms with Crippen molar-refractivity contribution in [2.24, 2.45) is 0 Å². The molecular formula is C16H15Br2NO2. The highest BCUT2D eigenvalue weighted by Gasteiger charge is 2.15. The van der Waals surface area contributed by atoms with E-state index in [0.717, 1.165) is 14.5 Å². The molecule has 0 spiro atoms. The number of carbonyl (C=O) groups is 1. The molecule has 0 aliphatic heterocycles. The first-order chi connectivity index (χ1) is 10.1. The van der Waals surface area contributed by atoms with Crippen molar-refractivity contribution in [3.63, 3.8) is 0 Å². The predicted octanol–water partition coefficient (Wildman–Crippen LogP) is 4.68. The second-order valence-corrected chi connectivity index (χ2v) is 6.20. The largest absolute Gasteiger partial charge is 0.354 e. The molecule has 2 rings (SSSR count). The topological polar surface area (TPSA) is 38.3 Å². The number of amides is 1. The average molecular weight is 413 g/mol. The Morgan fingerprint density at radius 3 is 2.10 bits per heavy atom. The number of halogens is 2. The van der Waals surface area contributed by atoms with Crippen molar-refractivity contribution >= 4 is 37.8 Å². The number of hydrogen-bond acceptors (Lipinski definition) is 2. The van der Waals surface area contributed by atoms with E-state index in [9.17, 15) is 4.79 Å². The van der Waals surface area contributed by atoms with Crippen LogP contribution in [-0.4, -0.2) is 12.5 Å². The second kappa shape index (κ2) is 7.73. The summed E-state index contributed by atoms with van der Waals surface area (Å²) >= 11 is 6.75. The maximum Gasteiger partial charge on any atom is 0.253 e. The lowest BCUT2D eigenvalue weighted by Crippen LogP contribution is -2.30. The van der Waals surface area contributed by atoms with Gasteiger partial charge in [-0.2, -0.15) is 0 Å². The predicted molar refractivity (Wildman–Crippen MR) is 90.1 cm³/mol. The van der Waals surface area contributed by atoms with Gasteiger partial charge in [-0.25, -0.2) is 0 Å². The van der Waals surface area contributed by atoms with Gasteiger partial charge < -0.3 is 10.1 Å². The third-order valence-electron chi connectivity index (χ3n) is 2.87. The molecule has 1 atom stereocenters. The van der Waals surface area contributed by atoms with E-state index in [1.54, 1.807) is 12.1 Å². The molecule has 2 aromatic rings. The lowest BCUT2D eigenvalue weighted by Gasteiger charge is -2.19. The van der Waals surface area contributed by atoms with E-state index in [-0.39, 0.29) is 5.91 Å². The standard InChI is InChI=1S/C16H15Br2NO2/c1-2-21-16(12-5-9-14(18)10-6-12)19-15(20)11-3-7-13(17)8-4-11/h3-10,16H,2H2,1H3,(H,19,20). The summed E-state index contributed by atoms with van der Waals surface area (Å²) < 4.78 is 7.55. The Bertz CT molecular complexity index is 597. The van der Waals surface area contributed by atoms with Gasteiger partial charge in [0, 0.05) is 26.7 Å². The van der Waals surface area contributed by atoms with Crippen LogP contribution in [0.1, 0.15) is 29.1 Å². The van der Waals surface area contributed by atoms with Crippen LogP contribution in [0, 0.1) is 0 Å². The van der Waals surface area contributed by atoms with Gasteiger partial charge in [0.15, 0.2) is 6.23 Å². The van der Waals surface area contributed by atoms with Gasteiger partial charge in [0.1, 0.15) is 0 Å². The molecule has 0 fully saturated rings. The Balaban J connectivity index is 2.13. The minimum atomic E-state index is -0.459. The van der Waals surface area contributed by atoms with Crippen LogP contribution in [0.5, 0.6) is 0 Å². The molecule has 3 nitrogen and oxygen atoms in total. The van der Waals surface area contributed by atoms with Crippen LogP contribution < -0.4 is 5.32 Å². The monoisotopic (exact) mass is 411 g/mol. The van der Waals surface area contributed by atoms with E-state index in [1.807, 2.05) is 43.3 Å². The molecule has 1 unspecified atom stereocenters. The van der Waals surface area contributed by atoms with Crippen molar-refractivity contribution in [1.82, 2.24) is 5.32 Å². The zero-order valence-electron chi connectivity index (χ0n) is 11.5. The van der Waals surface area contributed by atoms with E-state index >= 15 is 0 Å². The lowest BCUT2D eigenvalue weighted by atomic mass is 10.1. The third-order valence-corrected chi connectivity index (χ3v) is 3.93. The fourth-order valence-electron chi connectivity index (χ4n) is 1.83. The molecule has 0 radical (unpaired) electrons. The first-order valence-corrected chi connectivity index (χ1v) is 8.12. The van der Waals surface area contributed by atoms with Crippen molar-refractivity contribution < 1.29 is 9.53 Å². The summed E-state index contributed by atoms with van der Waals surface area (Å²) in [6.45, 7) is 2.42. The smallest absolute Gasteiger partial charge is 0.253 e. The molecule has 110 valence electrons. The van der Waals surface area contributed by atoms with Gasteiger partial charge in [0.05, 0.1) is 0 Å². The van der Waals surface area contributed by atoms with Crippen LogP contribution in [-0.2, 0) is 4.74 Å². The summed E-state index contributed by atoms with van der Waals surface area (Å²) in [4.78, 5) is 12.3. The van der Waals surface area contributed by atoms with Crippen LogP contribution >= 0.6 is 31.9 Å². The van der Waals surface area contributed by atoms with Gasteiger partial charge in [-0.15, -0.1) is 0 Å². The van der Waals surface area contributed by atoms with Gasteiger partial charge in [-0.05, 0) is 43.3 Å². The molecule has 0 aromatic heterocycles. The number of hydrogen-bond donors (Lipinski definition) is 1. The van der Waals surface area contributed by atoms with Crippen LogP contribution in [0.15, 0.2) is 57.5 Å². The molecule has 0 saturated heterocycles. The van der Waals surface area contributed by atoms with E-state index in [4.69, 9.17) is 4.74 Å². The third kappa shape index (κ3) is 4.66. The maximum absolute atomic E-state index is 12.3. The molecular weight excluding hydrogens is 398 g/mol. The summed E-state index contributed by atoms with van der Waals surface area (Å²) in [6.07, 6.45) is -0.459. The molecule has 0 aliphatic carbocycles. The lowest BCUT2D eigenvalue weighted by molar-refractivity contribution is 0.0336. The zero-order valence-corrected chi connectivity index (χ0v) is 14.6. The molecule has 21 heavy (non-hydrogen) atoms. The summed E-state index contributed by atoms with van der Waals surface area (Å²) in [5, 5.41) is 2.90. The normalized spacial score (nSPS) is 12.0. The van der Waals surface area contributed by atoms with E-state index < -0.39 is 6.23 Å². The minimum Gasteiger partial charge on any atom is -0.354 e. The molecule has 0 heterocycles.